The molecule has 4 bridgehead atoms. The van der Waals surface area contributed by atoms with Gasteiger partial charge in [-0.1, -0.05) is 0 Å². The van der Waals surface area contributed by atoms with E-state index in [0.29, 0.717) is 23.8 Å². The van der Waals surface area contributed by atoms with Gasteiger partial charge in [0, 0.05) is 10.4 Å². The van der Waals surface area contributed by atoms with Crippen molar-refractivity contribution in [3.63, 3.8) is 0 Å². The molecule has 0 spiro atoms. The monoisotopic (exact) mass is 350 g/mol. The quantitative estimate of drug-likeness (QED) is 0.636. The predicted molar refractivity (Wildman–Crippen MR) is 87.7 cm³/mol. The topological polar surface area (TPSA) is 58.2 Å². The van der Waals surface area contributed by atoms with Crippen LogP contribution >= 0.6 is 11.6 Å². The van der Waals surface area contributed by atoms with Crippen LogP contribution in [0.15, 0.2) is 24.3 Å². The number of nitrogens with one attached hydrogen (secondary N) is 2. The molecule has 4 saturated carbocycles. The molecule has 0 radical (unpaired) electrons. The molecule has 4 fully saturated rings. The maximum Gasteiger partial charge on any atom is 0.269 e. The average molecular weight is 351 g/mol. The second kappa shape index (κ2) is 5.45. The molecule has 0 saturated heterocycles. The average Bonchev–Trinajstić information content (AvgIpc) is 2.50. The zero-order valence-electron chi connectivity index (χ0n) is 13.3. The van der Waals surface area contributed by atoms with Crippen molar-refractivity contribution in [2.75, 3.05) is 0 Å². The summed E-state index contributed by atoms with van der Waals surface area (Å²) in [6.45, 7) is 0. The number of carbonyl (C=O) groups is 2. The van der Waals surface area contributed by atoms with E-state index in [9.17, 15) is 14.0 Å². The molecule has 2 amide bonds. The largest absolute Gasteiger partial charge is 0.273 e. The highest BCUT2D eigenvalue weighted by Gasteiger charge is 2.60. The minimum Gasteiger partial charge on any atom is -0.273 e. The summed E-state index contributed by atoms with van der Waals surface area (Å²) >= 11 is 6.74. The number of alkyl halides is 1. The molecule has 4 aliphatic carbocycles. The van der Waals surface area contributed by atoms with Crippen molar-refractivity contribution >= 4 is 23.4 Å². The first kappa shape index (κ1) is 15.9. The third kappa shape index (κ3) is 2.69. The number of carbonyl (C=O) groups excluding carboxylic acids is 2. The number of rotatable bonds is 2. The maximum absolute atomic E-state index is 12.9. The number of amides is 2. The van der Waals surface area contributed by atoms with E-state index < -0.39 is 17.1 Å². The molecule has 0 aliphatic heterocycles. The van der Waals surface area contributed by atoms with E-state index in [1.165, 1.54) is 30.7 Å². The van der Waals surface area contributed by atoms with Crippen LogP contribution in [0.4, 0.5) is 4.39 Å². The highest BCUT2D eigenvalue weighted by molar-refractivity contribution is 6.24. The van der Waals surface area contributed by atoms with Gasteiger partial charge in [-0.3, -0.25) is 20.4 Å². The number of hydrogen-bond donors (Lipinski definition) is 2. The molecule has 1 aromatic carbocycles. The number of hydrogen-bond acceptors (Lipinski definition) is 2. The lowest BCUT2D eigenvalue weighted by atomic mass is 9.49. The Balaban J connectivity index is 1.43. The number of benzene rings is 1. The van der Waals surface area contributed by atoms with Gasteiger partial charge in [-0.05, 0) is 74.6 Å². The summed E-state index contributed by atoms with van der Waals surface area (Å²) in [5.41, 5.74) is 4.88. The summed E-state index contributed by atoms with van der Waals surface area (Å²) in [6.07, 6.45) is 5.58. The van der Waals surface area contributed by atoms with Gasteiger partial charge >= 0.3 is 0 Å². The smallest absolute Gasteiger partial charge is 0.269 e. The fourth-order valence-corrected chi connectivity index (χ4v) is 6.03. The highest BCUT2D eigenvalue weighted by atomic mass is 35.5. The Bertz CT molecular complexity index is 677. The van der Waals surface area contributed by atoms with E-state index in [1.807, 2.05) is 0 Å². The summed E-state index contributed by atoms with van der Waals surface area (Å²) in [4.78, 5) is 24.6. The summed E-state index contributed by atoms with van der Waals surface area (Å²) < 4.78 is 12.9. The molecule has 6 heteroatoms. The van der Waals surface area contributed by atoms with Gasteiger partial charge in [0.05, 0.1) is 5.41 Å². The molecule has 0 heterocycles. The zero-order chi connectivity index (χ0) is 16.9. The maximum atomic E-state index is 12.9. The van der Waals surface area contributed by atoms with Gasteiger partial charge in [-0.25, -0.2) is 4.39 Å². The van der Waals surface area contributed by atoms with Crippen LogP contribution in [-0.4, -0.2) is 16.7 Å². The van der Waals surface area contributed by atoms with Crippen molar-refractivity contribution in [2.45, 2.75) is 43.4 Å². The normalized spacial score (nSPS) is 36.4. The fourth-order valence-electron chi connectivity index (χ4n) is 5.34. The molecule has 0 aromatic heterocycles. The molecule has 5 rings (SSSR count). The Labute approximate surface area is 145 Å². The van der Waals surface area contributed by atoms with Gasteiger partial charge in [0.25, 0.3) is 5.91 Å². The Morgan fingerprint density at radius 1 is 1.04 bits per heavy atom. The highest BCUT2D eigenvalue weighted by Crippen LogP contribution is 2.63. The van der Waals surface area contributed by atoms with Crippen LogP contribution < -0.4 is 10.9 Å². The molecular weight excluding hydrogens is 331 g/mol. The lowest BCUT2D eigenvalue weighted by Gasteiger charge is -2.59. The van der Waals surface area contributed by atoms with Crippen molar-refractivity contribution in [1.29, 1.82) is 0 Å². The lowest BCUT2D eigenvalue weighted by molar-refractivity contribution is -0.145. The first-order valence-corrected chi connectivity index (χ1v) is 8.81. The first-order chi connectivity index (χ1) is 11.4. The van der Waals surface area contributed by atoms with Gasteiger partial charge in [-0.2, -0.15) is 0 Å². The summed E-state index contributed by atoms with van der Waals surface area (Å²) in [5, 5.41) is 0. The van der Waals surface area contributed by atoms with Crippen molar-refractivity contribution in [1.82, 2.24) is 10.9 Å². The van der Waals surface area contributed by atoms with Crippen LogP contribution in [0.5, 0.6) is 0 Å². The molecular formula is C18H20ClFN2O2. The molecule has 4 aliphatic rings. The Morgan fingerprint density at radius 2 is 1.67 bits per heavy atom. The van der Waals surface area contributed by atoms with Crippen molar-refractivity contribution in [3.05, 3.63) is 35.6 Å². The van der Waals surface area contributed by atoms with Crippen molar-refractivity contribution in [2.24, 2.45) is 17.3 Å². The predicted octanol–water partition coefficient (Wildman–Crippen LogP) is 3.16. The summed E-state index contributed by atoms with van der Waals surface area (Å²) in [7, 11) is 0. The zero-order valence-corrected chi connectivity index (χ0v) is 14.0. The van der Waals surface area contributed by atoms with Crippen LogP contribution in [0.3, 0.4) is 0 Å². The first-order valence-electron chi connectivity index (χ1n) is 8.43. The molecule has 2 N–H and O–H groups in total. The second-order valence-electron chi connectivity index (χ2n) is 7.81. The van der Waals surface area contributed by atoms with E-state index in [0.717, 1.165) is 25.7 Å². The minimum atomic E-state index is -0.456. The van der Waals surface area contributed by atoms with E-state index in [1.54, 1.807) is 0 Å². The van der Waals surface area contributed by atoms with Gasteiger partial charge in [-0.15, -0.1) is 11.6 Å². The second-order valence-corrected chi connectivity index (χ2v) is 8.61. The molecule has 24 heavy (non-hydrogen) atoms. The van der Waals surface area contributed by atoms with Gasteiger partial charge < -0.3 is 0 Å². The Kier molecular flexibility index (Phi) is 3.60. The third-order valence-electron chi connectivity index (χ3n) is 5.87. The summed E-state index contributed by atoms with van der Waals surface area (Å²) in [6, 6.07) is 5.20. The van der Waals surface area contributed by atoms with Crippen LogP contribution in [0, 0.1) is 23.1 Å². The third-order valence-corrected chi connectivity index (χ3v) is 6.31. The van der Waals surface area contributed by atoms with Crippen LogP contribution in [0.1, 0.15) is 48.9 Å². The number of hydrazine groups is 1. The number of halogens is 2. The van der Waals surface area contributed by atoms with E-state index >= 15 is 0 Å². The van der Waals surface area contributed by atoms with Crippen molar-refractivity contribution in [3.8, 4) is 0 Å². The Morgan fingerprint density at radius 3 is 2.25 bits per heavy atom. The molecule has 4 nitrogen and oxygen atoms in total. The van der Waals surface area contributed by atoms with E-state index in [4.69, 9.17) is 11.6 Å². The van der Waals surface area contributed by atoms with Crippen LogP contribution in [0.25, 0.3) is 0 Å². The van der Waals surface area contributed by atoms with Gasteiger partial charge in [0.15, 0.2) is 0 Å². The SMILES string of the molecule is O=C(NNC(=O)C12C[C@@H]3C[C@@H](CC(Cl)(C3)C1)C2)c1ccc(F)cc1. The summed E-state index contributed by atoms with van der Waals surface area (Å²) in [5.74, 6) is 0.0342. The molecule has 128 valence electrons. The van der Waals surface area contributed by atoms with Crippen LogP contribution in [0.2, 0.25) is 0 Å². The van der Waals surface area contributed by atoms with Crippen molar-refractivity contribution < 1.29 is 14.0 Å². The Hall–Kier alpha value is -1.62. The molecule has 4 atom stereocenters. The fraction of sp³-hybridized carbons (Fsp3) is 0.556. The molecule has 2 unspecified atom stereocenters. The molecule has 1 aromatic rings. The lowest BCUT2D eigenvalue weighted by Crippen LogP contribution is -2.60. The standard InChI is InChI=1S/C18H20ClFN2O2/c19-18-8-11-5-12(9-18)7-17(6-11,10-18)16(24)22-21-15(23)13-1-3-14(20)4-2-13/h1-4,11-12H,5-10H2,(H,21,23)(H,22,24)/t11-,12+,17?,18?. The van der Waals surface area contributed by atoms with E-state index in [2.05, 4.69) is 10.9 Å². The van der Waals surface area contributed by atoms with E-state index in [-0.39, 0.29) is 10.8 Å². The van der Waals surface area contributed by atoms with Gasteiger partial charge in [0.1, 0.15) is 5.82 Å². The van der Waals surface area contributed by atoms with Gasteiger partial charge in [0.2, 0.25) is 5.91 Å². The minimum absolute atomic E-state index is 0.142. The van der Waals surface area contributed by atoms with Crippen LogP contribution in [-0.2, 0) is 4.79 Å².